The Balaban J connectivity index is 3.57. The first-order valence-corrected chi connectivity index (χ1v) is 13.5. The van der Waals surface area contributed by atoms with E-state index in [9.17, 15) is 10.2 Å². The van der Waals surface area contributed by atoms with Crippen LogP contribution in [0.2, 0.25) is 39.3 Å². The van der Waals surface area contributed by atoms with Crippen LogP contribution < -0.4 is 10.4 Å². The highest BCUT2D eigenvalue weighted by molar-refractivity contribution is 6.90. The molecule has 0 bridgehead atoms. The van der Waals surface area contributed by atoms with Crippen molar-refractivity contribution in [2.75, 3.05) is 0 Å². The molecule has 0 saturated heterocycles. The van der Waals surface area contributed by atoms with E-state index >= 15 is 0 Å². The topological polar surface area (TPSA) is 40.5 Å². The highest BCUT2D eigenvalue weighted by atomic mass is 28.3. The lowest BCUT2D eigenvalue weighted by molar-refractivity contribution is 0.261. The van der Waals surface area contributed by atoms with Crippen LogP contribution in [-0.2, 0) is 13.2 Å². The van der Waals surface area contributed by atoms with Crippen LogP contribution in [0.1, 0.15) is 11.1 Å². The number of aliphatic hydroxyl groups excluding tert-OH is 2. The van der Waals surface area contributed by atoms with Gasteiger partial charge in [0.25, 0.3) is 0 Å². The normalized spacial score (nSPS) is 12.9. The molecule has 0 unspecified atom stereocenters. The molecule has 1 aromatic carbocycles. The summed E-state index contributed by atoms with van der Waals surface area (Å²) in [7, 11) is -2.97. The maximum atomic E-state index is 9.71. The van der Waals surface area contributed by atoms with Crippen molar-refractivity contribution in [2.24, 2.45) is 0 Å². The van der Waals surface area contributed by atoms with Gasteiger partial charge >= 0.3 is 0 Å². The van der Waals surface area contributed by atoms with Crippen molar-refractivity contribution < 1.29 is 10.2 Å². The summed E-state index contributed by atoms with van der Waals surface area (Å²) < 4.78 is 0. The second-order valence-corrected chi connectivity index (χ2v) is 17.0. The number of rotatable bonds is 4. The zero-order valence-electron chi connectivity index (χ0n) is 12.5. The maximum absolute atomic E-state index is 9.71. The van der Waals surface area contributed by atoms with Crippen molar-refractivity contribution in [1.29, 1.82) is 0 Å². The number of benzene rings is 1. The van der Waals surface area contributed by atoms with Gasteiger partial charge in [-0.15, -0.1) is 0 Å². The summed E-state index contributed by atoms with van der Waals surface area (Å²) >= 11 is 0. The number of hydrogen-bond donors (Lipinski definition) is 2. The zero-order chi connectivity index (χ0) is 14.1. The first kappa shape index (κ1) is 15.6. The van der Waals surface area contributed by atoms with Crippen molar-refractivity contribution in [3.05, 3.63) is 23.3 Å². The van der Waals surface area contributed by atoms with Crippen molar-refractivity contribution >= 4 is 26.5 Å². The molecule has 0 heterocycles. The Morgan fingerprint density at radius 1 is 0.722 bits per heavy atom. The van der Waals surface area contributed by atoms with Gasteiger partial charge in [-0.05, 0) is 11.1 Å². The van der Waals surface area contributed by atoms with Gasteiger partial charge in [-0.2, -0.15) is 0 Å². The Hall–Kier alpha value is -0.426. The van der Waals surface area contributed by atoms with E-state index in [4.69, 9.17) is 0 Å². The monoisotopic (exact) mass is 282 g/mol. The van der Waals surface area contributed by atoms with Gasteiger partial charge in [0, 0.05) is 0 Å². The third-order valence-corrected chi connectivity index (χ3v) is 7.53. The van der Waals surface area contributed by atoms with Crippen LogP contribution in [0.5, 0.6) is 0 Å². The van der Waals surface area contributed by atoms with E-state index in [2.05, 4.69) is 51.4 Å². The first-order chi connectivity index (χ1) is 8.12. The highest BCUT2D eigenvalue weighted by Crippen LogP contribution is 2.15. The molecule has 2 N–H and O–H groups in total. The molecule has 1 aromatic rings. The SMILES string of the molecule is C[Si](C)(C)c1ccc([Si](C)(C)C)c(CO)c1CO. The number of hydrogen-bond acceptors (Lipinski definition) is 2. The van der Waals surface area contributed by atoms with E-state index in [-0.39, 0.29) is 13.2 Å². The summed E-state index contributed by atoms with van der Waals surface area (Å²) in [4.78, 5) is 0. The summed E-state index contributed by atoms with van der Waals surface area (Å²) in [5.41, 5.74) is 1.97. The second kappa shape index (κ2) is 5.29. The largest absolute Gasteiger partial charge is 0.392 e. The van der Waals surface area contributed by atoms with Crippen LogP contribution in [0, 0.1) is 0 Å². The van der Waals surface area contributed by atoms with E-state index in [0.29, 0.717) is 0 Å². The minimum atomic E-state index is -1.48. The molecule has 0 aliphatic rings. The van der Waals surface area contributed by atoms with Gasteiger partial charge in [-0.25, -0.2) is 0 Å². The summed E-state index contributed by atoms with van der Waals surface area (Å²) in [5, 5.41) is 22.0. The van der Waals surface area contributed by atoms with Gasteiger partial charge in [-0.1, -0.05) is 61.8 Å². The minimum absolute atomic E-state index is 0.0355. The third-order valence-electron chi connectivity index (χ3n) is 3.36. The first-order valence-electron chi connectivity index (χ1n) is 6.50. The predicted octanol–water partition coefficient (Wildman–Crippen LogP) is 1.76. The van der Waals surface area contributed by atoms with E-state index in [0.717, 1.165) is 11.1 Å². The maximum Gasteiger partial charge on any atom is 0.0780 e. The standard InChI is InChI=1S/C14H26O2Si2/c1-17(2,3)13-7-8-14(18(4,5)6)12(10-16)11(13)9-15/h7-8,15-16H,9-10H2,1-6H3. The van der Waals surface area contributed by atoms with Gasteiger partial charge in [0.1, 0.15) is 0 Å². The third kappa shape index (κ3) is 3.12. The summed E-state index contributed by atoms with van der Waals surface area (Å²) in [6.45, 7) is 13.7. The fraction of sp³-hybridized carbons (Fsp3) is 0.571. The second-order valence-electron chi connectivity index (χ2n) is 6.93. The van der Waals surface area contributed by atoms with Crippen LogP contribution in [0.25, 0.3) is 0 Å². The summed E-state index contributed by atoms with van der Waals surface area (Å²) in [5.74, 6) is 0. The molecule has 0 aromatic heterocycles. The molecule has 0 aliphatic carbocycles. The molecule has 0 radical (unpaired) electrons. The molecule has 0 spiro atoms. The molecule has 102 valence electrons. The van der Waals surface area contributed by atoms with E-state index in [1.807, 2.05) is 0 Å². The molecule has 0 aliphatic heterocycles. The summed E-state index contributed by atoms with van der Waals surface area (Å²) in [6.07, 6.45) is 0. The molecule has 4 heteroatoms. The average Bonchev–Trinajstić information content (AvgIpc) is 2.24. The molecular formula is C14H26O2Si2. The van der Waals surface area contributed by atoms with Crippen molar-refractivity contribution in [1.82, 2.24) is 0 Å². The lowest BCUT2D eigenvalue weighted by Gasteiger charge is -2.28. The van der Waals surface area contributed by atoms with E-state index in [1.165, 1.54) is 10.4 Å². The van der Waals surface area contributed by atoms with Gasteiger partial charge in [0.05, 0.1) is 29.4 Å². The summed E-state index contributed by atoms with van der Waals surface area (Å²) in [6, 6.07) is 4.37. The smallest absolute Gasteiger partial charge is 0.0780 e. The van der Waals surface area contributed by atoms with Crippen LogP contribution in [0.15, 0.2) is 12.1 Å². The Bertz CT molecular complexity index is 388. The van der Waals surface area contributed by atoms with Gasteiger partial charge in [0.15, 0.2) is 0 Å². The molecular weight excluding hydrogens is 256 g/mol. The Labute approximate surface area is 113 Å². The quantitative estimate of drug-likeness (QED) is 0.826. The Kier molecular flexibility index (Phi) is 4.59. The molecule has 2 nitrogen and oxygen atoms in total. The van der Waals surface area contributed by atoms with Gasteiger partial charge < -0.3 is 10.2 Å². The highest BCUT2D eigenvalue weighted by Gasteiger charge is 2.27. The van der Waals surface area contributed by atoms with Crippen molar-refractivity contribution in [3.63, 3.8) is 0 Å². The van der Waals surface area contributed by atoms with E-state index < -0.39 is 16.1 Å². The lowest BCUT2D eigenvalue weighted by atomic mass is 10.1. The fourth-order valence-electron chi connectivity index (χ4n) is 2.46. The van der Waals surface area contributed by atoms with Gasteiger partial charge in [0.2, 0.25) is 0 Å². The molecule has 0 saturated carbocycles. The Morgan fingerprint density at radius 3 is 1.17 bits per heavy atom. The molecule has 18 heavy (non-hydrogen) atoms. The van der Waals surface area contributed by atoms with Crippen molar-refractivity contribution in [3.8, 4) is 0 Å². The van der Waals surface area contributed by atoms with Crippen molar-refractivity contribution in [2.45, 2.75) is 52.5 Å². The van der Waals surface area contributed by atoms with Crippen LogP contribution in [0.3, 0.4) is 0 Å². The van der Waals surface area contributed by atoms with Gasteiger partial charge in [-0.3, -0.25) is 0 Å². The average molecular weight is 283 g/mol. The Morgan fingerprint density at radius 2 is 1.00 bits per heavy atom. The molecule has 0 atom stereocenters. The molecule has 0 amide bonds. The predicted molar refractivity (Wildman–Crippen MR) is 84.2 cm³/mol. The fourth-order valence-corrected chi connectivity index (χ4v) is 5.90. The number of aliphatic hydroxyl groups is 2. The lowest BCUT2D eigenvalue weighted by Crippen LogP contribution is -2.47. The van der Waals surface area contributed by atoms with E-state index in [1.54, 1.807) is 0 Å². The zero-order valence-corrected chi connectivity index (χ0v) is 14.5. The van der Waals surface area contributed by atoms with Crippen LogP contribution in [-0.4, -0.2) is 26.4 Å². The molecule has 1 rings (SSSR count). The van der Waals surface area contributed by atoms with Crippen LogP contribution >= 0.6 is 0 Å². The van der Waals surface area contributed by atoms with Crippen LogP contribution in [0.4, 0.5) is 0 Å². The minimum Gasteiger partial charge on any atom is -0.392 e. The molecule has 0 fully saturated rings.